The summed E-state index contributed by atoms with van der Waals surface area (Å²) in [5, 5.41) is 15.3. The fourth-order valence-electron chi connectivity index (χ4n) is 4.84. The maximum absolute atomic E-state index is 12.8. The number of rotatable bonds is 8. The molecule has 0 saturated carbocycles. The highest BCUT2D eigenvalue weighted by Gasteiger charge is 2.25. The van der Waals surface area contributed by atoms with E-state index in [-0.39, 0.29) is 18.1 Å². The second kappa shape index (κ2) is 10.8. The summed E-state index contributed by atoms with van der Waals surface area (Å²) in [7, 11) is 0. The molecular weight excluding hydrogens is 446 g/mol. The molecule has 2 atom stereocenters. The van der Waals surface area contributed by atoms with Crippen LogP contribution in [0.1, 0.15) is 50.6 Å². The standard InChI is InChI=1S/C26H33N5O2S/c1-19(21-12-11-20-8-3-4-9-22(20)16-21)27-24(32)18-34-26-29-28-25(30-13-5-2-6-14-30)31(26)17-23-10-7-15-33-23/h3-4,8-9,11-12,16,19,23H,2,5-7,10,13-15,17-18H2,1H3,(H,27,32). The number of ether oxygens (including phenoxy) is 1. The van der Waals surface area contributed by atoms with Crippen molar-refractivity contribution in [3.8, 4) is 0 Å². The average molecular weight is 480 g/mol. The Morgan fingerprint density at radius 2 is 1.94 bits per heavy atom. The molecule has 1 aromatic heterocycles. The van der Waals surface area contributed by atoms with Gasteiger partial charge in [-0.25, -0.2) is 0 Å². The number of hydrogen-bond donors (Lipinski definition) is 1. The number of piperidine rings is 1. The molecule has 0 spiro atoms. The van der Waals surface area contributed by atoms with Crippen LogP contribution in [0, 0.1) is 0 Å². The predicted molar refractivity (Wildman–Crippen MR) is 136 cm³/mol. The second-order valence-electron chi connectivity index (χ2n) is 9.26. The number of hydrogen-bond acceptors (Lipinski definition) is 6. The number of carbonyl (C=O) groups is 1. The fraction of sp³-hybridized carbons (Fsp3) is 0.500. The minimum Gasteiger partial charge on any atom is -0.376 e. The Morgan fingerprint density at radius 1 is 1.12 bits per heavy atom. The summed E-state index contributed by atoms with van der Waals surface area (Å²) in [6.45, 7) is 5.62. The average Bonchev–Trinajstić information content (AvgIpc) is 3.53. The van der Waals surface area contributed by atoms with Gasteiger partial charge in [-0.1, -0.05) is 48.2 Å². The summed E-state index contributed by atoms with van der Waals surface area (Å²) in [5.74, 6) is 1.22. The molecule has 1 N–H and O–H groups in total. The molecule has 0 aliphatic carbocycles. The van der Waals surface area contributed by atoms with E-state index in [4.69, 9.17) is 4.74 Å². The largest absolute Gasteiger partial charge is 0.376 e. The number of carbonyl (C=O) groups excluding carboxylic acids is 1. The summed E-state index contributed by atoms with van der Waals surface area (Å²) < 4.78 is 8.07. The Balaban J connectivity index is 1.24. The second-order valence-corrected chi connectivity index (χ2v) is 10.2. The molecule has 3 aromatic rings. The molecule has 2 aliphatic rings. The number of amides is 1. The first-order valence-corrected chi connectivity index (χ1v) is 13.4. The van der Waals surface area contributed by atoms with E-state index in [0.29, 0.717) is 5.75 Å². The van der Waals surface area contributed by atoms with Gasteiger partial charge in [-0.3, -0.25) is 9.36 Å². The van der Waals surface area contributed by atoms with Gasteiger partial charge in [0.1, 0.15) is 0 Å². The van der Waals surface area contributed by atoms with Gasteiger partial charge in [-0.15, -0.1) is 10.2 Å². The van der Waals surface area contributed by atoms with Gasteiger partial charge in [0.05, 0.1) is 24.4 Å². The molecule has 34 heavy (non-hydrogen) atoms. The number of thioether (sulfide) groups is 1. The van der Waals surface area contributed by atoms with Crippen LogP contribution in [0.3, 0.4) is 0 Å². The van der Waals surface area contributed by atoms with Crippen LogP contribution >= 0.6 is 11.8 Å². The molecule has 0 bridgehead atoms. The first-order chi connectivity index (χ1) is 16.7. The maximum atomic E-state index is 12.8. The van der Waals surface area contributed by atoms with E-state index in [2.05, 4.69) is 55.3 Å². The summed E-state index contributed by atoms with van der Waals surface area (Å²) in [6, 6.07) is 14.6. The molecule has 8 heteroatoms. The Morgan fingerprint density at radius 3 is 2.74 bits per heavy atom. The molecule has 1 amide bonds. The number of benzene rings is 2. The summed E-state index contributed by atoms with van der Waals surface area (Å²) in [6.07, 6.45) is 6.00. The molecule has 2 saturated heterocycles. The SMILES string of the molecule is CC(NC(=O)CSc1nnc(N2CCCCC2)n1CC1CCCO1)c1ccc2ccccc2c1. The zero-order valence-corrected chi connectivity index (χ0v) is 20.6. The van der Waals surface area contributed by atoms with Crippen LogP contribution in [-0.4, -0.2) is 52.2 Å². The number of aromatic nitrogens is 3. The molecule has 2 fully saturated rings. The van der Waals surface area contributed by atoms with Gasteiger partial charge in [-0.05, 0) is 61.4 Å². The topological polar surface area (TPSA) is 72.3 Å². The third-order valence-electron chi connectivity index (χ3n) is 6.73. The zero-order valence-electron chi connectivity index (χ0n) is 19.8. The fourth-order valence-corrected chi connectivity index (χ4v) is 5.60. The molecular formula is C26H33N5O2S. The first kappa shape index (κ1) is 23.2. The Labute approximate surface area is 205 Å². The number of nitrogens with zero attached hydrogens (tertiary/aromatic N) is 4. The van der Waals surface area contributed by atoms with Gasteiger partial charge in [0.15, 0.2) is 5.16 Å². The smallest absolute Gasteiger partial charge is 0.230 e. The van der Waals surface area contributed by atoms with Gasteiger partial charge in [0.25, 0.3) is 0 Å². The van der Waals surface area contributed by atoms with E-state index in [1.54, 1.807) is 0 Å². The summed E-state index contributed by atoms with van der Waals surface area (Å²) in [5.41, 5.74) is 1.10. The summed E-state index contributed by atoms with van der Waals surface area (Å²) in [4.78, 5) is 15.1. The Kier molecular flexibility index (Phi) is 7.35. The lowest BCUT2D eigenvalue weighted by atomic mass is 10.0. The van der Waals surface area contributed by atoms with E-state index in [0.717, 1.165) is 55.8 Å². The molecule has 0 radical (unpaired) electrons. The minimum absolute atomic E-state index is 0.00292. The third-order valence-corrected chi connectivity index (χ3v) is 7.70. The molecule has 2 unspecified atom stereocenters. The first-order valence-electron chi connectivity index (χ1n) is 12.4. The highest BCUT2D eigenvalue weighted by Crippen LogP contribution is 2.27. The Hall–Kier alpha value is -2.58. The van der Waals surface area contributed by atoms with E-state index >= 15 is 0 Å². The van der Waals surface area contributed by atoms with Gasteiger partial charge < -0.3 is 15.0 Å². The quantitative estimate of drug-likeness (QED) is 0.477. The van der Waals surface area contributed by atoms with Crippen LogP contribution in [0.5, 0.6) is 0 Å². The van der Waals surface area contributed by atoms with Gasteiger partial charge in [0.2, 0.25) is 11.9 Å². The van der Waals surface area contributed by atoms with Gasteiger partial charge >= 0.3 is 0 Å². The van der Waals surface area contributed by atoms with Crippen molar-refractivity contribution in [3.63, 3.8) is 0 Å². The highest BCUT2D eigenvalue weighted by atomic mass is 32.2. The van der Waals surface area contributed by atoms with Gasteiger partial charge in [0, 0.05) is 19.7 Å². The van der Waals surface area contributed by atoms with Gasteiger partial charge in [-0.2, -0.15) is 0 Å². The van der Waals surface area contributed by atoms with Crippen molar-refractivity contribution >= 4 is 34.4 Å². The third kappa shape index (κ3) is 5.39. The van der Waals surface area contributed by atoms with Crippen LogP contribution in [0.15, 0.2) is 47.6 Å². The van der Waals surface area contributed by atoms with Crippen LogP contribution < -0.4 is 10.2 Å². The van der Waals surface area contributed by atoms with Crippen LogP contribution in [0.2, 0.25) is 0 Å². The van der Waals surface area contributed by atoms with E-state index in [9.17, 15) is 4.79 Å². The van der Waals surface area contributed by atoms with Crippen molar-refractivity contribution in [1.29, 1.82) is 0 Å². The van der Waals surface area contributed by atoms with Crippen molar-refractivity contribution in [2.45, 2.75) is 62.9 Å². The molecule has 2 aliphatic heterocycles. The van der Waals surface area contributed by atoms with E-state index in [1.165, 1.54) is 41.8 Å². The van der Waals surface area contributed by atoms with Crippen LogP contribution in [-0.2, 0) is 16.1 Å². The lowest BCUT2D eigenvalue weighted by molar-refractivity contribution is -0.119. The Bertz CT molecular complexity index is 1120. The maximum Gasteiger partial charge on any atom is 0.230 e. The number of nitrogens with one attached hydrogen (secondary N) is 1. The minimum atomic E-state index is -0.0635. The lowest BCUT2D eigenvalue weighted by Gasteiger charge is -2.28. The summed E-state index contributed by atoms with van der Waals surface area (Å²) >= 11 is 1.46. The number of fused-ring (bicyclic) bond motifs is 1. The zero-order chi connectivity index (χ0) is 23.3. The van der Waals surface area contributed by atoms with Crippen molar-refractivity contribution in [1.82, 2.24) is 20.1 Å². The predicted octanol–water partition coefficient (Wildman–Crippen LogP) is 4.57. The molecule has 180 valence electrons. The molecule has 3 heterocycles. The van der Waals surface area contributed by atoms with Crippen molar-refractivity contribution in [2.75, 3.05) is 30.3 Å². The molecule has 7 nitrogen and oxygen atoms in total. The van der Waals surface area contributed by atoms with Crippen molar-refractivity contribution in [2.24, 2.45) is 0 Å². The van der Waals surface area contributed by atoms with Crippen LogP contribution in [0.25, 0.3) is 10.8 Å². The van der Waals surface area contributed by atoms with Crippen molar-refractivity contribution in [3.05, 3.63) is 48.0 Å². The van der Waals surface area contributed by atoms with E-state index in [1.807, 2.05) is 19.1 Å². The highest BCUT2D eigenvalue weighted by molar-refractivity contribution is 7.99. The van der Waals surface area contributed by atoms with Crippen LogP contribution in [0.4, 0.5) is 5.95 Å². The van der Waals surface area contributed by atoms with E-state index < -0.39 is 0 Å². The molecule has 2 aromatic carbocycles. The monoisotopic (exact) mass is 479 g/mol. The van der Waals surface area contributed by atoms with Crippen molar-refractivity contribution < 1.29 is 9.53 Å². The lowest BCUT2D eigenvalue weighted by Crippen LogP contribution is -2.33. The molecule has 5 rings (SSSR count). The normalized spacial score (nSPS) is 19.4. The number of anilines is 1.